The lowest BCUT2D eigenvalue weighted by Gasteiger charge is -2.04. The molecule has 0 atom stereocenters. The normalized spacial score (nSPS) is 10.4. The molecule has 0 saturated heterocycles. The van der Waals surface area contributed by atoms with E-state index < -0.39 is 0 Å². The highest BCUT2D eigenvalue weighted by atomic mass is 127. The summed E-state index contributed by atoms with van der Waals surface area (Å²) in [5, 5.41) is 7.64. The lowest BCUT2D eigenvalue weighted by Crippen LogP contribution is -2.14. The number of aryl methyl sites for hydroxylation is 1. The van der Waals surface area contributed by atoms with Crippen LogP contribution in [0.1, 0.15) is 10.5 Å². The highest BCUT2D eigenvalue weighted by Gasteiger charge is 2.14. The van der Waals surface area contributed by atoms with Gasteiger partial charge >= 0.3 is 0 Å². The van der Waals surface area contributed by atoms with E-state index in [1.54, 1.807) is 36.1 Å². The summed E-state index contributed by atoms with van der Waals surface area (Å²) in [6, 6.07) is 4.91. The number of halogens is 3. The minimum atomic E-state index is -0.279. The average Bonchev–Trinajstić information content (AvgIpc) is 2.63. The molecule has 0 aliphatic rings. The van der Waals surface area contributed by atoms with Gasteiger partial charge in [-0.2, -0.15) is 5.10 Å². The second-order valence-corrected chi connectivity index (χ2v) is 5.56. The summed E-state index contributed by atoms with van der Waals surface area (Å²) in [6.07, 6.45) is 1.77. The number of rotatable bonds is 2. The van der Waals surface area contributed by atoms with E-state index in [2.05, 4.69) is 33.0 Å². The number of amides is 1. The molecule has 1 amide bonds. The molecule has 1 heterocycles. The number of carbonyl (C=O) groups excluding carboxylic acids is 1. The number of hydrogen-bond donors (Lipinski definition) is 1. The first kappa shape index (κ1) is 13.6. The Labute approximate surface area is 127 Å². The van der Waals surface area contributed by atoms with Crippen LogP contribution in [0.15, 0.2) is 24.4 Å². The van der Waals surface area contributed by atoms with Gasteiger partial charge in [-0.3, -0.25) is 9.48 Å². The Hall–Kier alpha value is -0.790. The molecule has 2 aromatic rings. The fourth-order valence-electron chi connectivity index (χ4n) is 1.38. The van der Waals surface area contributed by atoms with Crippen molar-refractivity contribution in [1.29, 1.82) is 0 Å². The molecule has 0 spiro atoms. The Morgan fingerprint density at radius 2 is 2.11 bits per heavy atom. The van der Waals surface area contributed by atoms with Crippen LogP contribution in [0, 0.1) is 3.57 Å². The van der Waals surface area contributed by atoms with Crippen LogP contribution >= 0.6 is 45.8 Å². The molecule has 18 heavy (non-hydrogen) atoms. The molecule has 0 aliphatic carbocycles. The number of nitrogens with zero attached hydrogens (tertiary/aromatic N) is 2. The quantitative estimate of drug-likeness (QED) is 0.790. The highest BCUT2D eigenvalue weighted by Crippen LogP contribution is 2.25. The van der Waals surface area contributed by atoms with E-state index in [1.165, 1.54) is 0 Å². The summed E-state index contributed by atoms with van der Waals surface area (Å²) in [5.74, 6) is -0.279. The van der Waals surface area contributed by atoms with E-state index in [0.29, 0.717) is 21.4 Å². The first-order valence-corrected chi connectivity index (χ1v) is 6.76. The van der Waals surface area contributed by atoms with Gasteiger partial charge < -0.3 is 5.32 Å². The van der Waals surface area contributed by atoms with Crippen LogP contribution < -0.4 is 5.32 Å². The molecule has 1 aromatic carbocycles. The summed E-state index contributed by atoms with van der Waals surface area (Å²) in [5.41, 5.74) is 0.958. The lowest BCUT2D eigenvalue weighted by molar-refractivity contribution is 0.102. The van der Waals surface area contributed by atoms with Gasteiger partial charge in [-0.25, -0.2) is 0 Å². The van der Waals surface area contributed by atoms with E-state index in [0.717, 1.165) is 3.57 Å². The van der Waals surface area contributed by atoms with Gasteiger partial charge in [-0.15, -0.1) is 0 Å². The van der Waals surface area contributed by atoms with Crippen molar-refractivity contribution in [3.63, 3.8) is 0 Å². The molecule has 94 valence electrons. The van der Waals surface area contributed by atoms with E-state index in [9.17, 15) is 4.79 Å². The average molecular weight is 396 g/mol. The van der Waals surface area contributed by atoms with Gasteiger partial charge in [0.15, 0.2) is 5.69 Å². The summed E-state index contributed by atoms with van der Waals surface area (Å²) in [6.45, 7) is 0. The largest absolute Gasteiger partial charge is 0.321 e. The fourth-order valence-corrected chi connectivity index (χ4v) is 2.43. The van der Waals surface area contributed by atoms with Crippen molar-refractivity contribution >= 4 is 57.4 Å². The van der Waals surface area contributed by atoms with Gasteiger partial charge in [-0.1, -0.05) is 23.2 Å². The molecule has 7 heteroatoms. The predicted octanol–water partition coefficient (Wildman–Crippen LogP) is 3.58. The third-order valence-electron chi connectivity index (χ3n) is 2.18. The van der Waals surface area contributed by atoms with Crippen LogP contribution in [-0.4, -0.2) is 15.7 Å². The third kappa shape index (κ3) is 2.96. The molecule has 0 unspecified atom stereocenters. The molecule has 0 aliphatic heterocycles. The molecule has 0 saturated carbocycles. The highest BCUT2D eigenvalue weighted by molar-refractivity contribution is 14.1. The van der Waals surface area contributed by atoms with E-state index in [-0.39, 0.29) is 5.91 Å². The zero-order valence-corrected chi connectivity index (χ0v) is 12.9. The second kappa shape index (κ2) is 5.46. The van der Waals surface area contributed by atoms with Crippen molar-refractivity contribution in [2.24, 2.45) is 7.05 Å². The van der Waals surface area contributed by atoms with Crippen molar-refractivity contribution < 1.29 is 4.79 Å². The Kier molecular flexibility index (Phi) is 4.14. The fraction of sp³-hybridized carbons (Fsp3) is 0.0909. The molecule has 1 aromatic heterocycles. The second-order valence-electron chi connectivity index (χ2n) is 3.58. The number of nitrogens with one attached hydrogen (secondary N) is 1. The lowest BCUT2D eigenvalue weighted by atomic mass is 10.3. The summed E-state index contributed by atoms with van der Waals surface area (Å²) in [4.78, 5) is 12.0. The van der Waals surface area contributed by atoms with Gasteiger partial charge in [0.25, 0.3) is 5.91 Å². The van der Waals surface area contributed by atoms with Crippen LogP contribution in [0.5, 0.6) is 0 Å². The number of benzene rings is 1. The topological polar surface area (TPSA) is 46.9 Å². The van der Waals surface area contributed by atoms with E-state index in [4.69, 9.17) is 23.2 Å². The van der Waals surface area contributed by atoms with Crippen LogP contribution in [-0.2, 0) is 7.05 Å². The minimum Gasteiger partial charge on any atom is -0.321 e. The Balaban J connectivity index is 2.21. The van der Waals surface area contributed by atoms with Crippen LogP contribution in [0.25, 0.3) is 0 Å². The maximum atomic E-state index is 12.0. The standard InChI is InChI=1S/C11H8Cl2IN3O/c1-17-5-9(14)10(16-17)11(18)15-6-2-3-7(12)8(13)4-6/h2-5H,1H3,(H,15,18). The zero-order chi connectivity index (χ0) is 13.3. The van der Waals surface area contributed by atoms with Crippen LogP contribution in [0.2, 0.25) is 10.0 Å². The number of hydrogen-bond acceptors (Lipinski definition) is 2. The van der Waals surface area contributed by atoms with Gasteiger partial charge in [0.05, 0.1) is 13.6 Å². The first-order chi connectivity index (χ1) is 8.47. The zero-order valence-electron chi connectivity index (χ0n) is 9.25. The third-order valence-corrected chi connectivity index (χ3v) is 3.71. The van der Waals surface area contributed by atoms with Crippen molar-refractivity contribution in [3.05, 3.63) is 43.7 Å². The van der Waals surface area contributed by atoms with Gasteiger partial charge in [0, 0.05) is 18.9 Å². The Morgan fingerprint density at radius 3 is 2.67 bits per heavy atom. The first-order valence-electron chi connectivity index (χ1n) is 4.93. The molecule has 0 radical (unpaired) electrons. The molecule has 0 bridgehead atoms. The van der Waals surface area contributed by atoms with Gasteiger partial charge in [0.2, 0.25) is 0 Å². The van der Waals surface area contributed by atoms with Crippen molar-refractivity contribution in [2.75, 3.05) is 5.32 Å². The van der Waals surface area contributed by atoms with Gasteiger partial charge in [-0.05, 0) is 40.8 Å². The van der Waals surface area contributed by atoms with E-state index >= 15 is 0 Å². The Morgan fingerprint density at radius 1 is 1.39 bits per heavy atom. The summed E-state index contributed by atoms with van der Waals surface area (Å²) < 4.78 is 2.37. The number of carbonyl (C=O) groups is 1. The molecule has 4 nitrogen and oxygen atoms in total. The smallest absolute Gasteiger partial charge is 0.277 e. The minimum absolute atomic E-state index is 0.279. The molecule has 1 N–H and O–H groups in total. The predicted molar refractivity (Wildman–Crippen MR) is 80.3 cm³/mol. The maximum absolute atomic E-state index is 12.0. The van der Waals surface area contributed by atoms with Crippen LogP contribution in [0.4, 0.5) is 5.69 Å². The monoisotopic (exact) mass is 395 g/mol. The maximum Gasteiger partial charge on any atom is 0.277 e. The van der Waals surface area contributed by atoms with Gasteiger partial charge in [0.1, 0.15) is 0 Å². The summed E-state index contributed by atoms with van der Waals surface area (Å²) in [7, 11) is 1.76. The van der Waals surface area contributed by atoms with E-state index in [1.807, 2.05) is 0 Å². The number of anilines is 1. The molecular weight excluding hydrogens is 388 g/mol. The number of aromatic nitrogens is 2. The molecule has 2 rings (SSSR count). The summed E-state index contributed by atoms with van der Waals surface area (Å²) >= 11 is 13.7. The van der Waals surface area contributed by atoms with Crippen molar-refractivity contribution in [3.8, 4) is 0 Å². The van der Waals surface area contributed by atoms with Crippen LogP contribution in [0.3, 0.4) is 0 Å². The Bertz CT molecular complexity index is 612. The SMILES string of the molecule is Cn1cc(I)c(C(=O)Nc2ccc(Cl)c(Cl)c2)n1. The van der Waals surface area contributed by atoms with Crippen molar-refractivity contribution in [1.82, 2.24) is 9.78 Å². The molecule has 0 fully saturated rings. The molecular formula is C11H8Cl2IN3O. The van der Waals surface area contributed by atoms with Crippen molar-refractivity contribution in [2.45, 2.75) is 0 Å².